The number of likely N-dealkylation sites (N-methyl/N-ethyl adjacent to an activating group) is 1. The van der Waals surface area contributed by atoms with Gasteiger partial charge in [-0.15, -0.1) is 0 Å². The molecule has 19 heavy (non-hydrogen) atoms. The molecule has 3 rings (SSSR count). The van der Waals surface area contributed by atoms with Crippen LogP contribution in [0, 0.1) is 5.92 Å². The van der Waals surface area contributed by atoms with Crippen LogP contribution in [0.4, 0.5) is 0 Å². The number of carbonyl (C=O) groups excluding carboxylic acids is 1. The Morgan fingerprint density at radius 3 is 2.47 bits per heavy atom. The molecular weight excluding hydrogens is 236 g/mol. The van der Waals surface area contributed by atoms with Crippen LogP contribution in [0.2, 0.25) is 0 Å². The van der Waals surface area contributed by atoms with Gasteiger partial charge in [0.15, 0.2) is 0 Å². The van der Waals surface area contributed by atoms with Crippen LogP contribution in [-0.2, 0) is 17.6 Å². The van der Waals surface area contributed by atoms with Crippen LogP contribution < -0.4 is 5.32 Å². The lowest BCUT2D eigenvalue weighted by Gasteiger charge is -2.24. The SMILES string of the molecule is CN(C(=O)CNCC1CC1)C1Cc2ccccc2C1. The van der Waals surface area contributed by atoms with Crippen LogP contribution in [0.25, 0.3) is 0 Å². The third-order valence-corrected chi connectivity index (χ3v) is 4.38. The molecular formula is C16H22N2O. The molecule has 2 aliphatic carbocycles. The van der Waals surface area contributed by atoms with Crippen molar-refractivity contribution in [2.24, 2.45) is 5.92 Å². The molecule has 1 aromatic rings. The number of carbonyl (C=O) groups is 1. The molecule has 1 N–H and O–H groups in total. The van der Waals surface area contributed by atoms with Crippen molar-refractivity contribution in [3.8, 4) is 0 Å². The summed E-state index contributed by atoms with van der Waals surface area (Å²) in [6, 6.07) is 8.87. The van der Waals surface area contributed by atoms with Crippen LogP contribution >= 0.6 is 0 Å². The van der Waals surface area contributed by atoms with Crippen molar-refractivity contribution in [1.29, 1.82) is 0 Å². The van der Waals surface area contributed by atoms with Gasteiger partial charge in [-0.25, -0.2) is 0 Å². The first-order valence-electron chi connectivity index (χ1n) is 7.27. The Kier molecular flexibility index (Phi) is 3.56. The van der Waals surface area contributed by atoms with Crippen LogP contribution in [0.1, 0.15) is 24.0 Å². The molecule has 0 bridgehead atoms. The molecule has 1 saturated carbocycles. The molecule has 0 spiro atoms. The molecule has 1 aromatic carbocycles. The van der Waals surface area contributed by atoms with Gasteiger partial charge in [0.2, 0.25) is 5.91 Å². The van der Waals surface area contributed by atoms with Crippen molar-refractivity contribution in [2.75, 3.05) is 20.1 Å². The van der Waals surface area contributed by atoms with Crippen molar-refractivity contribution in [2.45, 2.75) is 31.7 Å². The van der Waals surface area contributed by atoms with Crippen LogP contribution in [0.15, 0.2) is 24.3 Å². The number of fused-ring (bicyclic) bond motifs is 1. The molecule has 0 unspecified atom stereocenters. The summed E-state index contributed by atoms with van der Waals surface area (Å²) in [5.41, 5.74) is 2.80. The molecule has 0 aromatic heterocycles. The van der Waals surface area contributed by atoms with E-state index in [2.05, 4.69) is 29.6 Å². The average molecular weight is 258 g/mol. The fraction of sp³-hybridized carbons (Fsp3) is 0.562. The highest BCUT2D eigenvalue weighted by atomic mass is 16.2. The summed E-state index contributed by atoms with van der Waals surface area (Å²) >= 11 is 0. The number of hydrogen-bond acceptors (Lipinski definition) is 2. The van der Waals surface area contributed by atoms with E-state index >= 15 is 0 Å². The maximum absolute atomic E-state index is 12.1. The summed E-state index contributed by atoms with van der Waals surface area (Å²) in [4.78, 5) is 14.1. The maximum Gasteiger partial charge on any atom is 0.236 e. The first-order valence-corrected chi connectivity index (χ1v) is 7.27. The van der Waals surface area contributed by atoms with Gasteiger partial charge in [-0.2, -0.15) is 0 Å². The van der Waals surface area contributed by atoms with Gasteiger partial charge in [0.1, 0.15) is 0 Å². The monoisotopic (exact) mass is 258 g/mol. The highest BCUT2D eigenvalue weighted by molar-refractivity contribution is 5.78. The standard InChI is InChI=1S/C16H22N2O/c1-18(16(19)11-17-10-12-6-7-12)15-8-13-4-2-3-5-14(13)9-15/h2-5,12,15,17H,6-11H2,1H3. The van der Waals surface area contributed by atoms with E-state index in [1.54, 1.807) is 0 Å². The number of hydrogen-bond donors (Lipinski definition) is 1. The number of nitrogens with zero attached hydrogens (tertiary/aromatic N) is 1. The minimum absolute atomic E-state index is 0.221. The van der Waals surface area contributed by atoms with Crippen molar-refractivity contribution >= 4 is 5.91 Å². The number of amides is 1. The second kappa shape index (κ2) is 5.33. The predicted octanol–water partition coefficient (Wildman–Crippen LogP) is 1.61. The number of nitrogens with one attached hydrogen (secondary N) is 1. The molecule has 3 heteroatoms. The Morgan fingerprint density at radius 2 is 1.89 bits per heavy atom. The molecule has 1 fully saturated rings. The van der Waals surface area contributed by atoms with Gasteiger partial charge in [0.25, 0.3) is 0 Å². The molecule has 0 radical (unpaired) electrons. The lowest BCUT2D eigenvalue weighted by atomic mass is 10.1. The lowest BCUT2D eigenvalue weighted by Crippen LogP contribution is -2.42. The molecule has 3 nitrogen and oxygen atoms in total. The van der Waals surface area contributed by atoms with E-state index < -0.39 is 0 Å². The molecule has 2 aliphatic rings. The maximum atomic E-state index is 12.1. The molecule has 0 atom stereocenters. The summed E-state index contributed by atoms with van der Waals surface area (Å²) in [6.07, 6.45) is 4.66. The van der Waals surface area contributed by atoms with Crippen LogP contribution in [0.3, 0.4) is 0 Å². The summed E-state index contributed by atoms with van der Waals surface area (Å²) in [7, 11) is 1.94. The molecule has 102 valence electrons. The normalized spacial score (nSPS) is 18.4. The van der Waals surface area contributed by atoms with Crippen molar-refractivity contribution in [3.63, 3.8) is 0 Å². The Morgan fingerprint density at radius 1 is 1.26 bits per heavy atom. The Bertz CT molecular complexity index is 443. The second-order valence-electron chi connectivity index (χ2n) is 5.91. The van der Waals surface area contributed by atoms with Gasteiger partial charge in [0, 0.05) is 13.1 Å². The third kappa shape index (κ3) is 2.98. The fourth-order valence-electron chi connectivity index (χ4n) is 2.84. The van der Waals surface area contributed by atoms with Gasteiger partial charge in [-0.3, -0.25) is 4.79 Å². The zero-order valence-corrected chi connectivity index (χ0v) is 11.6. The quantitative estimate of drug-likeness (QED) is 0.870. The Labute approximate surface area is 115 Å². The summed E-state index contributed by atoms with van der Waals surface area (Å²) < 4.78 is 0. The van der Waals surface area contributed by atoms with Crippen LogP contribution in [-0.4, -0.2) is 37.0 Å². The van der Waals surface area contributed by atoms with E-state index in [4.69, 9.17) is 0 Å². The predicted molar refractivity (Wildman–Crippen MR) is 76.0 cm³/mol. The third-order valence-electron chi connectivity index (χ3n) is 4.38. The zero-order chi connectivity index (χ0) is 13.2. The van der Waals surface area contributed by atoms with E-state index in [9.17, 15) is 4.79 Å². The van der Waals surface area contributed by atoms with Gasteiger partial charge < -0.3 is 10.2 Å². The van der Waals surface area contributed by atoms with Gasteiger partial charge in [-0.05, 0) is 49.3 Å². The first-order chi connectivity index (χ1) is 9.24. The zero-order valence-electron chi connectivity index (χ0n) is 11.6. The molecule has 0 saturated heterocycles. The average Bonchev–Trinajstić information content (AvgIpc) is 3.14. The van der Waals surface area contributed by atoms with E-state index in [0.717, 1.165) is 25.3 Å². The molecule has 0 aliphatic heterocycles. The van der Waals surface area contributed by atoms with Crippen LogP contribution in [0.5, 0.6) is 0 Å². The largest absolute Gasteiger partial charge is 0.341 e. The fourth-order valence-corrected chi connectivity index (χ4v) is 2.84. The Balaban J connectivity index is 1.50. The number of rotatable bonds is 5. The molecule has 1 amide bonds. The van der Waals surface area contributed by atoms with E-state index in [0.29, 0.717) is 12.6 Å². The Hall–Kier alpha value is -1.35. The molecule has 0 heterocycles. The first kappa shape index (κ1) is 12.7. The minimum atomic E-state index is 0.221. The highest BCUT2D eigenvalue weighted by Crippen LogP contribution is 2.27. The van der Waals surface area contributed by atoms with Crippen molar-refractivity contribution in [3.05, 3.63) is 35.4 Å². The second-order valence-corrected chi connectivity index (χ2v) is 5.91. The van der Waals surface area contributed by atoms with E-state index in [1.807, 2.05) is 11.9 Å². The summed E-state index contributed by atoms with van der Waals surface area (Å²) in [5, 5.41) is 3.28. The van der Waals surface area contributed by atoms with Crippen molar-refractivity contribution in [1.82, 2.24) is 10.2 Å². The number of benzene rings is 1. The van der Waals surface area contributed by atoms with Gasteiger partial charge >= 0.3 is 0 Å². The topological polar surface area (TPSA) is 32.3 Å². The minimum Gasteiger partial charge on any atom is -0.341 e. The van der Waals surface area contributed by atoms with Gasteiger partial charge in [-0.1, -0.05) is 24.3 Å². The van der Waals surface area contributed by atoms with E-state index in [1.165, 1.54) is 24.0 Å². The van der Waals surface area contributed by atoms with Crippen molar-refractivity contribution < 1.29 is 4.79 Å². The lowest BCUT2D eigenvalue weighted by molar-refractivity contribution is -0.130. The van der Waals surface area contributed by atoms with Gasteiger partial charge in [0.05, 0.1) is 6.54 Å². The van der Waals surface area contributed by atoms with E-state index in [-0.39, 0.29) is 5.91 Å². The summed E-state index contributed by atoms with van der Waals surface area (Å²) in [6.45, 7) is 1.49. The smallest absolute Gasteiger partial charge is 0.236 e. The highest BCUT2D eigenvalue weighted by Gasteiger charge is 2.27. The summed E-state index contributed by atoms with van der Waals surface area (Å²) in [5.74, 6) is 1.05.